The topological polar surface area (TPSA) is 30.5 Å². The maximum absolute atomic E-state index is 6.19. The van der Waals surface area contributed by atoms with E-state index in [4.69, 9.17) is 32.7 Å². The second-order valence-electron chi connectivity index (χ2n) is 5.96. The van der Waals surface area contributed by atoms with Crippen molar-refractivity contribution in [2.45, 2.75) is 20.1 Å². The highest BCUT2D eigenvalue weighted by molar-refractivity contribution is 6.33. The first kappa shape index (κ1) is 19.4. The number of nitrogens with one attached hydrogen (secondary N) is 1. The summed E-state index contributed by atoms with van der Waals surface area (Å²) in [5.41, 5.74) is 3.03. The molecule has 0 atom stereocenters. The molecule has 27 heavy (non-hydrogen) atoms. The molecular weight excluding hydrogens is 381 g/mol. The van der Waals surface area contributed by atoms with E-state index in [1.807, 2.05) is 73.7 Å². The van der Waals surface area contributed by atoms with Gasteiger partial charge < -0.3 is 14.8 Å². The third-order valence-corrected chi connectivity index (χ3v) is 4.55. The summed E-state index contributed by atoms with van der Waals surface area (Å²) in [4.78, 5) is 0. The Labute approximate surface area is 169 Å². The summed E-state index contributed by atoms with van der Waals surface area (Å²) in [7, 11) is 0. The lowest BCUT2D eigenvalue weighted by atomic mass is 10.2. The molecule has 1 N–H and O–H groups in total. The van der Waals surface area contributed by atoms with Gasteiger partial charge in [0.2, 0.25) is 0 Å². The zero-order chi connectivity index (χ0) is 19.1. The van der Waals surface area contributed by atoms with Gasteiger partial charge in [-0.15, -0.1) is 0 Å². The van der Waals surface area contributed by atoms with E-state index >= 15 is 0 Å². The first-order valence-corrected chi connectivity index (χ1v) is 9.52. The van der Waals surface area contributed by atoms with Crippen LogP contribution in [0.25, 0.3) is 0 Å². The van der Waals surface area contributed by atoms with Gasteiger partial charge in [0.05, 0.1) is 17.3 Å². The van der Waals surface area contributed by atoms with Crippen molar-refractivity contribution >= 4 is 28.9 Å². The average Bonchev–Trinajstić information content (AvgIpc) is 2.68. The Hall–Kier alpha value is -2.36. The van der Waals surface area contributed by atoms with Crippen molar-refractivity contribution in [3.8, 4) is 11.5 Å². The fourth-order valence-corrected chi connectivity index (χ4v) is 2.92. The van der Waals surface area contributed by atoms with Crippen LogP contribution in [0.3, 0.4) is 0 Å². The molecule has 3 aromatic rings. The molecule has 0 radical (unpaired) electrons. The van der Waals surface area contributed by atoms with Gasteiger partial charge >= 0.3 is 0 Å². The van der Waals surface area contributed by atoms with Crippen LogP contribution in [-0.2, 0) is 13.2 Å². The Bertz CT molecular complexity index is 882. The zero-order valence-corrected chi connectivity index (χ0v) is 16.6. The third kappa shape index (κ3) is 5.56. The van der Waals surface area contributed by atoms with Crippen molar-refractivity contribution < 1.29 is 9.47 Å². The van der Waals surface area contributed by atoms with Gasteiger partial charge in [0.15, 0.2) is 11.5 Å². The summed E-state index contributed by atoms with van der Waals surface area (Å²) in [6.07, 6.45) is 0. The van der Waals surface area contributed by atoms with Gasteiger partial charge in [0, 0.05) is 11.6 Å². The van der Waals surface area contributed by atoms with Crippen LogP contribution in [0.5, 0.6) is 11.5 Å². The van der Waals surface area contributed by atoms with Crippen molar-refractivity contribution in [3.63, 3.8) is 0 Å². The molecule has 0 spiro atoms. The van der Waals surface area contributed by atoms with Gasteiger partial charge in [-0.2, -0.15) is 0 Å². The lowest BCUT2D eigenvalue weighted by Crippen LogP contribution is -2.03. The van der Waals surface area contributed by atoms with Gasteiger partial charge in [-0.25, -0.2) is 0 Å². The summed E-state index contributed by atoms with van der Waals surface area (Å²) >= 11 is 12.1. The number of hydrogen-bond donors (Lipinski definition) is 1. The third-order valence-electron chi connectivity index (χ3n) is 3.97. The zero-order valence-electron chi connectivity index (χ0n) is 15.0. The fraction of sp³-hybridized carbons (Fsp3) is 0.182. The van der Waals surface area contributed by atoms with E-state index in [1.54, 1.807) is 0 Å². The lowest BCUT2D eigenvalue weighted by molar-refractivity contribution is 0.269. The molecule has 0 aliphatic heterocycles. The predicted octanol–water partition coefficient (Wildman–Crippen LogP) is 6.58. The number of para-hydroxylation sites is 1. The van der Waals surface area contributed by atoms with Crippen LogP contribution in [0.15, 0.2) is 66.7 Å². The van der Waals surface area contributed by atoms with E-state index in [1.165, 1.54) is 0 Å². The SMILES string of the molecule is CCOc1cc(CNc2ccccc2Cl)ccc1OCc1ccc(Cl)cc1. The van der Waals surface area contributed by atoms with Crippen LogP contribution in [-0.4, -0.2) is 6.61 Å². The van der Waals surface area contributed by atoms with Gasteiger partial charge in [0.25, 0.3) is 0 Å². The molecule has 3 nitrogen and oxygen atoms in total. The van der Waals surface area contributed by atoms with E-state index in [9.17, 15) is 0 Å². The number of rotatable bonds is 8. The molecule has 0 aliphatic rings. The molecule has 0 unspecified atom stereocenters. The molecule has 140 valence electrons. The van der Waals surface area contributed by atoms with Crippen molar-refractivity contribution in [3.05, 3.63) is 87.9 Å². The molecular formula is C22H21Cl2NO2. The largest absolute Gasteiger partial charge is 0.490 e. The van der Waals surface area contributed by atoms with Crippen LogP contribution >= 0.6 is 23.2 Å². The highest BCUT2D eigenvalue weighted by Crippen LogP contribution is 2.30. The number of anilines is 1. The van der Waals surface area contributed by atoms with Crippen LogP contribution in [0.1, 0.15) is 18.1 Å². The van der Waals surface area contributed by atoms with E-state index < -0.39 is 0 Å². The van der Waals surface area contributed by atoms with Crippen molar-refractivity contribution in [2.75, 3.05) is 11.9 Å². The predicted molar refractivity (Wildman–Crippen MR) is 112 cm³/mol. The summed E-state index contributed by atoms with van der Waals surface area (Å²) in [6.45, 7) is 3.62. The first-order valence-electron chi connectivity index (χ1n) is 8.77. The standard InChI is InChI=1S/C22H21Cl2NO2/c1-2-26-22-13-17(14-25-20-6-4-3-5-19(20)24)9-12-21(22)27-15-16-7-10-18(23)11-8-16/h3-13,25H,2,14-15H2,1H3. The molecule has 3 rings (SSSR count). The molecule has 0 aliphatic carbocycles. The molecule has 5 heteroatoms. The summed E-state index contributed by atoms with van der Waals surface area (Å²) in [5.74, 6) is 1.44. The van der Waals surface area contributed by atoms with E-state index in [0.29, 0.717) is 35.6 Å². The normalized spacial score (nSPS) is 10.5. The Balaban J connectivity index is 1.68. The fourth-order valence-electron chi connectivity index (χ4n) is 2.59. The average molecular weight is 402 g/mol. The van der Waals surface area contributed by atoms with Crippen LogP contribution in [0.2, 0.25) is 10.0 Å². The minimum absolute atomic E-state index is 0.453. The van der Waals surface area contributed by atoms with Gasteiger partial charge in [0.1, 0.15) is 6.61 Å². The second kappa shape index (κ2) is 9.54. The van der Waals surface area contributed by atoms with Gasteiger partial charge in [-0.1, -0.05) is 53.5 Å². The van der Waals surface area contributed by atoms with Gasteiger partial charge in [-0.05, 0) is 54.4 Å². The molecule has 0 bridgehead atoms. The van der Waals surface area contributed by atoms with E-state index in [-0.39, 0.29) is 0 Å². The van der Waals surface area contributed by atoms with Crippen LogP contribution in [0, 0.1) is 0 Å². The highest BCUT2D eigenvalue weighted by atomic mass is 35.5. The quantitative estimate of drug-likeness (QED) is 0.462. The monoisotopic (exact) mass is 401 g/mol. The minimum Gasteiger partial charge on any atom is -0.490 e. The van der Waals surface area contributed by atoms with Crippen molar-refractivity contribution in [1.29, 1.82) is 0 Å². The van der Waals surface area contributed by atoms with Gasteiger partial charge in [-0.3, -0.25) is 0 Å². The van der Waals surface area contributed by atoms with Crippen LogP contribution in [0.4, 0.5) is 5.69 Å². The van der Waals surface area contributed by atoms with E-state index in [0.717, 1.165) is 22.6 Å². The van der Waals surface area contributed by atoms with E-state index in [2.05, 4.69) is 5.32 Å². The molecule has 0 fully saturated rings. The highest BCUT2D eigenvalue weighted by Gasteiger charge is 2.08. The smallest absolute Gasteiger partial charge is 0.161 e. The molecule has 0 heterocycles. The maximum Gasteiger partial charge on any atom is 0.161 e. The molecule has 0 saturated heterocycles. The lowest BCUT2D eigenvalue weighted by Gasteiger charge is -2.14. The number of hydrogen-bond acceptors (Lipinski definition) is 3. The van der Waals surface area contributed by atoms with Crippen molar-refractivity contribution in [2.24, 2.45) is 0 Å². The Kier molecular flexibility index (Phi) is 6.86. The maximum atomic E-state index is 6.19. The Morgan fingerprint density at radius 2 is 1.56 bits per heavy atom. The number of benzene rings is 3. The molecule has 0 saturated carbocycles. The molecule has 0 aromatic heterocycles. The minimum atomic E-state index is 0.453. The summed E-state index contributed by atoms with van der Waals surface area (Å²) in [5, 5.41) is 4.75. The molecule has 3 aromatic carbocycles. The van der Waals surface area contributed by atoms with Crippen molar-refractivity contribution in [1.82, 2.24) is 0 Å². The Morgan fingerprint density at radius 3 is 2.30 bits per heavy atom. The number of ether oxygens (including phenoxy) is 2. The Morgan fingerprint density at radius 1 is 0.815 bits per heavy atom. The van der Waals surface area contributed by atoms with Crippen LogP contribution < -0.4 is 14.8 Å². The number of halogens is 2. The second-order valence-corrected chi connectivity index (χ2v) is 6.81. The summed E-state index contributed by atoms with van der Waals surface area (Å²) < 4.78 is 11.7. The first-order chi connectivity index (χ1) is 13.2. The summed E-state index contributed by atoms with van der Waals surface area (Å²) in [6, 6.07) is 21.2. The molecule has 0 amide bonds.